The summed E-state index contributed by atoms with van der Waals surface area (Å²) < 4.78 is 2.17. The van der Waals surface area contributed by atoms with Crippen molar-refractivity contribution in [3.05, 3.63) is 37.9 Å². The number of rotatable bonds is 1. The Balaban J connectivity index is 2.22. The van der Waals surface area contributed by atoms with E-state index in [2.05, 4.69) is 47.9 Å². The van der Waals surface area contributed by atoms with Crippen molar-refractivity contribution in [2.24, 2.45) is 0 Å². The maximum absolute atomic E-state index is 4.56. The second-order valence-electron chi connectivity index (χ2n) is 3.34. The smallest absolute Gasteiger partial charge is 0.140 e. The van der Waals surface area contributed by atoms with Crippen LogP contribution in [0.25, 0.3) is 22.4 Å². The third-order valence-corrected chi connectivity index (χ3v) is 4.64. The maximum Gasteiger partial charge on any atom is 0.140 e. The van der Waals surface area contributed by atoms with Crippen LogP contribution in [0.2, 0.25) is 0 Å². The molecule has 0 spiro atoms. The molecule has 16 heavy (non-hydrogen) atoms. The average molecular weight is 358 g/mol. The normalized spacial score (nSPS) is 11.1. The molecule has 0 amide bonds. The van der Waals surface area contributed by atoms with E-state index in [1.807, 2.05) is 24.3 Å². The van der Waals surface area contributed by atoms with Crippen molar-refractivity contribution in [3.63, 3.8) is 0 Å². The van der Waals surface area contributed by atoms with Gasteiger partial charge in [-0.25, -0.2) is 4.98 Å². The minimum absolute atomic E-state index is 0.898. The van der Waals surface area contributed by atoms with Crippen LogP contribution in [0.15, 0.2) is 37.9 Å². The highest BCUT2D eigenvalue weighted by atomic mass is 79.9. The van der Waals surface area contributed by atoms with Gasteiger partial charge in [-0.1, -0.05) is 12.1 Å². The van der Waals surface area contributed by atoms with Crippen LogP contribution in [-0.2, 0) is 0 Å². The quantitative estimate of drug-likeness (QED) is 0.664. The fourth-order valence-corrected chi connectivity index (χ4v) is 4.39. The van der Waals surface area contributed by atoms with Gasteiger partial charge in [0.25, 0.3) is 0 Å². The second-order valence-corrected chi connectivity index (χ2v) is 7.09. The lowest BCUT2D eigenvalue weighted by Crippen LogP contribution is -1.76. The maximum atomic E-state index is 4.56. The van der Waals surface area contributed by atoms with Gasteiger partial charge >= 0.3 is 0 Å². The minimum atomic E-state index is 0.898. The van der Waals surface area contributed by atoms with Crippen LogP contribution in [0, 0.1) is 0 Å². The molecule has 0 atom stereocenters. The average Bonchev–Trinajstić information content (AvgIpc) is 2.81. The number of hydrogen-bond donors (Lipinski definition) is 1. The van der Waals surface area contributed by atoms with Crippen molar-refractivity contribution >= 4 is 54.2 Å². The van der Waals surface area contributed by atoms with Gasteiger partial charge in [0, 0.05) is 5.56 Å². The summed E-state index contributed by atoms with van der Waals surface area (Å²) in [6.07, 6.45) is 0. The fraction of sp³-hybridized carbons (Fsp3) is 0. The molecule has 5 heteroatoms. The SMILES string of the molecule is Brc1cc(-c2nc3ccccc3[nH]2)c(Br)s1. The summed E-state index contributed by atoms with van der Waals surface area (Å²) in [6, 6.07) is 10.1. The summed E-state index contributed by atoms with van der Waals surface area (Å²) in [5.41, 5.74) is 3.14. The number of nitrogens with one attached hydrogen (secondary N) is 1. The van der Waals surface area contributed by atoms with E-state index in [0.29, 0.717) is 0 Å². The van der Waals surface area contributed by atoms with E-state index in [-0.39, 0.29) is 0 Å². The first-order valence-electron chi connectivity index (χ1n) is 4.64. The number of halogens is 2. The lowest BCUT2D eigenvalue weighted by molar-refractivity contribution is 1.34. The van der Waals surface area contributed by atoms with E-state index in [4.69, 9.17) is 0 Å². The molecular formula is C11H6Br2N2S. The Kier molecular flexibility index (Phi) is 2.61. The van der Waals surface area contributed by atoms with E-state index in [0.717, 1.165) is 30.0 Å². The molecule has 0 radical (unpaired) electrons. The Morgan fingerprint density at radius 2 is 2.00 bits per heavy atom. The van der Waals surface area contributed by atoms with Gasteiger partial charge in [0.05, 0.1) is 18.6 Å². The zero-order valence-corrected chi connectivity index (χ0v) is 12.0. The first kappa shape index (κ1) is 10.5. The number of benzene rings is 1. The van der Waals surface area contributed by atoms with Gasteiger partial charge in [0.1, 0.15) is 5.82 Å². The molecule has 80 valence electrons. The number of thiophene rings is 1. The molecule has 2 nitrogen and oxygen atoms in total. The molecule has 0 aliphatic rings. The number of para-hydroxylation sites is 2. The first-order chi connectivity index (χ1) is 7.74. The molecule has 0 saturated heterocycles. The highest BCUT2D eigenvalue weighted by Crippen LogP contribution is 2.37. The Bertz CT molecular complexity index is 624. The second kappa shape index (κ2) is 3.98. The van der Waals surface area contributed by atoms with Crippen molar-refractivity contribution < 1.29 is 0 Å². The van der Waals surface area contributed by atoms with Crippen molar-refractivity contribution in [1.82, 2.24) is 9.97 Å². The highest BCUT2D eigenvalue weighted by molar-refractivity contribution is 9.12. The number of hydrogen-bond acceptors (Lipinski definition) is 2. The molecule has 3 rings (SSSR count). The number of nitrogens with zero attached hydrogens (tertiary/aromatic N) is 1. The molecule has 0 unspecified atom stereocenters. The van der Waals surface area contributed by atoms with Crippen LogP contribution in [0.5, 0.6) is 0 Å². The third-order valence-electron chi connectivity index (χ3n) is 2.30. The van der Waals surface area contributed by atoms with E-state index in [9.17, 15) is 0 Å². The Morgan fingerprint density at radius 3 is 2.69 bits per heavy atom. The molecule has 0 saturated carbocycles. The van der Waals surface area contributed by atoms with Gasteiger partial charge in [-0.2, -0.15) is 0 Å². The minimum Gasteiger partial charge on any atom is -0.338 e. The number of imidazole rings is 1. The molecule has 0 bridgehead atoms. The monoisotopic (exact) mass is 356 g/mol. The lowest BCUT2D eigenvalue weighted by Gasteiger charge is -1.90. The summed E-state index contributed by atoms with van der Waals surface area (Å²) in [5, 5.41) is 0. The first-order valence-corrected chi connectivity index (χ1v) is 7.04. The zero-order chi connectivity index (χ0) is 11.1. The van der Waals surface area contributed by atoms with Gasteiger partial charge in [0.15, 0.2) is 0 Å². The number of H-pyrrole nitrogens is 1. The van der Waals surface area contributed by atoms with Crippen LogP contribution in [0.3, 0.4) is 0 Å². The van der Waals surface area contributed by atoms with Gasteiger partial charge < -0.3 is 4.98 Å². The van der Waals surface area contributed by atoms with Crippen LogP contribution < -0.4 is 0 Å². The largest absolute Gasteiger partial charge is 0.338 e. The summed E-state index contributed by atoms with van der Waals surface area (Å²) in [6.45, 7) is 0. The van der Waals surface area contributed by atoms with Gasteiger partial charge in [-0.15, -0.1) is 11.3 Å². The van der Waals surface area contributed by atoms with E-state index < -0.39 is 0 Å². The predicted molar refractivity (Wildman–Crippen MR) is 74.8 cm³/mol. The molecule has 2 heterocycles. The fourth-order valence-electron chi connectivity index (χ4n) is 1.58. The molecule has 2 aromatic heterocycles. The Morgan fingerprint density at radius 1 is 1.19 bits per heavy atom. The van der Waals surface area contributed by atoms with Gasteiger partial charge in [-0.05, 0) is 50.1 Å². The van der Waals surface area contributed by atoms with Crippen LogP contribution in [-0.4, -0.2) is 9.97 Å². The predicted octanol–water partition coefficient (Wildman–Crippen LogP) is 4.82. The summed E-state index contributed by atoms with van der Waals surface area (Å²) in [7, 11) is 0. The number of fused-ring (bicyclic) bond motifs is 1. The molecule has 1 N–H and O–H groups in total. The molecular weight excluding hydrogens is 352 g/mol. The molecule has 0 fully saturated rings. The summed E-state index contributed by atoms with van der Waals surface area (Å²) in [5.74, 6) is 0.898. The van der Waals surface area contributed by atoms with Crippen molar-refractivity contribution in [3.8, 4) is 11.4 Å². The molecule has 0 aliphatic carbocycles. The van der Waals surface area contributed by atoms with E-state index in [1.54, 1.807) is 11.3 Å². The van der Waals surface area contributed by atoms with E-state index in [1.165, 1.54) is 0 Å². The molecule has 1 aromatic carbocycles. The van der Waals surface area contributed by atoms with E-state index >= 15 is 0 Å². The Hall–Kier alpha value is -0.650. The van der Waals surface area contributed by atoms with Crippen LogP contribution >= 0.6 is 43.2 Å². The standard InChI is InChI=1S/C11H6Br2N2S/c12-9-5-6(10(13)16-9)11-14-7-3-1-2-4-8(7)15-11/h1-5H,(H,14,15). The molecule has 3 aromatic rings. The topological polar surface area (TPSA) is 28.7 Å². The Labute approximate surface area is 113 Å². The lowest BCUT2D eigenvalue weighted by atomic mass is 10.3. The van der Waals surface area contributed by atoms with Gasteiger partial charge in [0.2, 0.25) is 0 Å². The third kappa shape index (κ3) is 1.73. The molecule has 0 aliphatic heterocycles. The van der Waals surface area contributed by atoms with Crippen molar-refractivity contribution in [2.75, 3.05) is 0 Å². The number of aromatic amines is 1. The van der Waals surface area contributed by atoms with Gasteiger partial charge in [-0.3, -0.25) is 0 Å². The van der Waals surface area contributed by atoms with Crippen molar-refractivity contribution in [1.29, 1.82) is 0 Å². The van der Waals surface area contributed by atoms with Crippen LogP contribution in [0.1, 0.15) is 0 Å². The number of aromatic nitrogens is 2. The van der Waals surface area contributed by atoms with Crippen LogP contribution in [0.4, 0.5) is 0 Å². The summed E-state index contributed by atoms with van der Waals surface area (Å²) in [4.78, 5) is 7.87. The van der Waals surface area contributed by atoms with Crippen molar-refractivity contribution in [2.45, 2.75) is 0 Å². The zero-order valence-electron chi connectivity index (χ0n) is 8.00. The summed E-state index contributed by atoms with van der Waals surface area (Å²) >= 11 is 8.66. The highest BCUT2D eigenvalue weighted by Gasteiger charge is 2.11.